The normalized spacial score (nSPS) is 22.1. The third-order valence-corrected chi connectivity index (χ3v) is 4.33. The van der Waals surface area contributed by atoms with Gasteiger partial charge in [-0.3, -0.25) is 10.1 Å². The van der Waals surface area contributed by atoms with E-state index in [1.165, 1.54) is 19.3 Å². The fourth-order valence-electron chi connectivity index (χ4n) is 3.12. The topological polar surface area (TPSA) is 73.0 Å². The number of hydrogen-bond acceptors (Lipinski definition) is 4. The first-order valence-electron chi connectivity index (χ1n) is 7.48. The number of aryl methyl sites for hydroxylation is 2. The first-order chi connectivity index (χ1) is 9.54. The molecule has 0 bridgehead atoms. The largest absolute Gasteiger partial charge is 0.364 e. The van der Waals surface area contributed by atoms with Crippen LogP contribution in [0.15, 0.2) is 0 Å². The molecule has 2 unspecified atom stereocenters. The fourth-order valence-corrected chi connectivity index (χ4v) is 3.12. The van der Waals surface area contributed by atoms with Gasteiger partial charge < -0.3 is 5.32 Å². The number of nitro groups is 1. The Labute approximate surface area is 119 Å². The number of aromatic nitrogens is 2. The Hall–Kier alpha value is -1.59. The maximum Gasteiger partial charge on any atom is 0.333 e. The van der Waals surface area contributed by atoms with Crippen molar-refractivity contribution in [3.05, 3.63) is 15.8 Å². The summed E-state index contributed by atoms with van der Waals surface area (Å²) in [4.78, 5) is 11.0. The van der Waals surface area contributed by atoms with E-state index in [1.807, 2.05) is 6.92 Å². The molecule has 20 heavy (non-hydrogen) atoms. The highest BCUT2D eigenvalue weighted by Gasteiger charge is 2.28. The van der Waals surface area contributed by atoms with E-state index in [0.717, 1.165) is 13.0 Å². The van der Waals surface area contributed by atoms with Gasteiger partial charge in [0.1, 0.15) is 5.69 Å². The number of nitrogens with one attached hydrogen (secondary N) is 1. The summed E-state index contributed by atoms with van der Waals surface area (Å²) in [5.74, 6) is 1.86. The van der Waals surface area contributed by atoms with Gasteiger partial charge in [0.05, 0.1) is 4.92 Å². The van der Waals surface area contributed by atoms with Gasteiger partial charge in [0.15, 0.2) is 0 Å². The van der Waals surface area contributed by atoms with Crippen LogP contribution in [0.1, 0.15) is 45.2 Å². The molecule has 0 aliphatic heterocycles. The van der Waals surface area contributed by atoms with Gasteiger partial charge in [-0.25, -0.2) is 4.68 Å². The van der Waals surface area contributed by atoms with Gasteiger partial charge in [0.2, 0.25) is 5.82 Å². The summed E-state index contributed by atoms with van der Waals surface area (Å²) in [6, 6.07) is 0. The van der Waals surface area contributed by atoms with Gasteiger partial charge in [0, 0.05) is 13.6 Å². The third-order valence-electron chi connectivity index (χ3n) is 4.33. The van der Waals surface area contributed by atoms with Gasteiger partial charge >= 0.3 is 5.69 Å². The molecule has 0 aromatic carbocycles. The predicted octanol–water partition coefficient (Wildman–Crippen LogP) is 3.13. The zero-order valence-corrected chi connectivity index (χ0v) is 12.6. The Morgan fingerprint density at radius 3 is 2.80 bits per heavy atom. The fraction of sp³-hybridized carbons (Fsp3) is 0.786. The van der Waals surface area contributed by atoms with E-state index in [0.29, 0.717) is 29.8 Å². The molecular weight excluding hydrogens is 256 g/mol. The van der Waals surface area contributed by atoms with Crippen LogP contribution in [0.5, 0.6) is 0 Å². The van der Waals surface area contributed by atoms with Crippen molar-refractivity contribution in [1.29, 1.82) is 0 Å². The lowest BCUT2D eigenvalue weighted by molar-refractivity contribution is -0.384. The van der Waals surface area contributed by atoms with E-state index >= 15 is 0 Å². The molecule has 112 valence electrons. The Morgan fingerprint density at radius 1 is 1.50 bits per heavy atom. The zero-order chi connectivity index (χ0) is 14.7. The number of anilines is 1. The van der Waals surface area contributed by atoms with Crippen LogP contribution in [0.2, 0.25) is 0 Å². The standard InChI is InChI=1S/C14H24N4O2/c1-4-6-12-13(18(19)20)14(17(3)16-12)15-9-11-8-5-7-10(11)2/h10-11,15H,4-9H2,1-3H3. The average Bonchev–Trinajstić information content (AvgIpc) is 2.91. The molecule has 0 spiro atoms. The van der Waals surface area contributed by atoms with Gasteiger partial charge in [-0.15, -0.1) is 0 Å². The first kappa shape index (κ1) is 14.8. The first-order valence-corrected chi connectivity index (χ1v) is 7.48. The Bertz CT molecular complexity index is 484. The summed E-state index contributed by atoms with van der Waals surface area (Å²) in [6.45, 7) is 5.07. The molecule has 1 saturated carbocycles. The van der Waals surface area contributed by atoms with Crippen LogP contribution < -0.4 is 5.32 Å². The van der Waals surface area contributed by atoms with Crippen molar-refractivity contribution >= 4 is 11.5 Å². The van der Waals surface area contributed by atoms with Crippen molar-refractivity contribution in [1.82, 2.24) is 9.78 Å². The van der Waals surface area contributed by atoms with E-state index in [1.54, 1.807) is 11.7 Å². The highest BCUT2D eigenvalue weighted by Crippen LogP contribution is 2.33. The lowest BCUT2D eigenvalue weighted by atomic mass is 9.98. The summed E-state index contributed by atoms with van der Waals surface area (Å²) < 4.78 is 1.61. The van der Waals surface area contributed by atoms with Crippen LogP contribution in [-0.4, -0.2) is 21.2 Å². The maximum atomic E-state index is 11.3. The second-order valence-corrected chi connectivity index (χ2v) is 5.82. The van der Waals surface area contributed by atoms with Gasteiger partial charge in [-0.05, 0) is 24.7 Å². The van der Waals surface area contributed by atoms with E-state index in [2.05, 4.69) is 17.3 Å². The van der Waals surface area contributed by atoms with Crippen LogP contribution in [0.4, 0.5) is 11.5 Å². The molecule has 0 saturated heterocycles. The number of hydrogen-bond donors (Lipinski definition) is 1. The van der Waals surface area contributed by atoms with Crippen molar-refractivity contribution in [2.45, 2.75) is 46.0 Å². The molecule has 6 heteroatoms. The quantitative estimate of drug-likeness (QED) is 0.642. The summed E-state index contributed by atoms with van der Waals surface area (Å²) in [7, 11) is 1.77. The van der Waals surface area contributed by atoms with Gasteiger partial charge in [-0.2, -0.15) is 5.10 Å². The molecule has 2 atom stereocenters. The molecule has 1 heterocycles. The Kier molecular flexibility index (Phi) is 4.62. The Balaban J connectivity index is 2.15. The molecule has 2 rings (SSSR count). The highest BCUT2D eigenvalue weighted by molar-refractivity contribution is 5.59. The number of rotatable bonds is 6. The maximum absolute atomic E-state index is 11.3. The summed E-state index contributed by atoms with van der Waals surface area (Å²) >= 11 is 0. The molecular formula is C14H24N4O2. The summed E-state index contributed by atoms with van der Waals surface area (Å²) in [5, 5.41) is 18.9. The van der Waals surface area contributed by atoms with Gasteiger partial charge in [0.25, 0.3) is 0 Å². The lowest BCUT2D eigenvalue weighted by Gasteiger charge is -2.16. The predicted molar refractivity (Wildman–Crippen MR) is 78.9 cm³/mol. The molecule has 1 aromatic rings. The average molecular weight is 280 g/mol. The molecule has 1 aliphatic carbocycles. The molecule has 1 aromatic heterocycles. The minimum absolute atomic E-state index is 0.153. The monoisotopic (exact) mass is 280 g/mol. The van der Waals surface area contributed by atoms with Crippen molar-refractivity contribution in [3.63, 3.8) is 0 Å². The molecule has 0 amide bonds. The summed E-state index contributed by atoms with van der Waals surface area (Å²) in [6.07, 6.45) is 5.24. The van der Waals surface area contributed by atoms with Gasteiger partial charge in [-0.1, -0.05) is 33.1 Å². The third kappa shape index (κ3) is 2.94. The zero-order valence-electron chi connectivity index (χ0n) is 12.6. The molecule has 1 fully saturated rings. The van der Waals surface area contributed by atoms with Crippen molar-refractivity contribution in [2.75, 3.05) is 11.9 Å². The Morgan fingerprint density at radius 2 is 2.25 bits per heavy atom. The highest BCUT2D eigenvalue weighted by atomic mass is 16.6. The van der Waals surface area contributed by atoms with Crippen molar-refractivity contribution in [2.24, 2.45) is 18.9 Å². The van der Waals surface area contributed by atoms with Crippen molar-refractivity contribution < 1.29 is 4.92 Å². The van der Waals surface area contributed by atoms with Crippen LogP contribution in [0.3, 0.4) is 0 Å². The van der Waals surface area contributed by atoms with Crippen LogP contribution >= 0.6 is 0 Å². The number of nitrogens with zero attached hydrogens (tertiary/aromatic N) is 3. The smallest absolute Gasteiger partial charge is 0.333 e. The van der Waals surface area contributed by atoms with Crippen LogP contribution in [-0.2, 0) is 13.5 Å². The van der Waals surface area contributed by atoms with E-state index < -0.39 is 0 Å². The summed E-state index contributed by atoms with van der Waals surface area (Å²) in [5.41, 5.74) is 0.738. The van der Waals surface area contributed by atoms with Crippen molar-refractivity contribution in [3.8, 4) is 0 Å². The van der Waals surface area contributed by atoms with Crippen LogP contribution in [0, 0.1) is 22.0 Å². The molecule has 1 aliphatic rings. The SMILES string of the molecule is CCCc1nn(C)c(NCC2CCCC2C)c1[N+](=O)[O-]. The second kappa shape index (κ2) is 6.24. The molecule has 1 N–H and O–H groups in total. The molecule has 6 nitrogen and oxygen atoms in total. The molecule has 0 radical (unpaired) electrons. The van der Waals surface area contributed by atoms with Crippen LogP contribution in [0.25, 0.3) is 0 Å². The van der Waals surface area contributed by atoms with E-state index in [9.17, 15) is 10.1 Å². The minimum atomic E-state index is -0.307. The lowest BCUT2D eigenvalue weighted by Crippen LogP contribution is -2.18. The second-order valence-electron chi connectivity index (χ2n) is 5.82. The minimum Gasteiger partial charge on any atom is -0.364 e. The van der Waals surface area contributed by atoms with E-state index in [-0.39, 0.29) is 10.6 Å². The van der Waals surface area contributed by atoms with E-state index in [4.69, 9.17) is 0 Å².